The topological polar surface area (TPSA) is 50.4 Å². The van der Waals surface area contributed by atoms with E-state index >= 15 is 0 Å². The molecule has 112 valence electrons. The maximum atomic E-state index is 12.5. The van der Waals surface area contributed by atoms with E-state index in [2.05, 4.69) is 34.9 Å². The Morgan fingerprint density at radius 2 is 1.68 bits per heavy atom. The van der Waals surface area contributed by atoms with Gasteiger partial charge in [-0.05, 0) is 22.3 Å². The van der Waals surface area contributed by atoms with Gasteiger partial charge in [-0.15, -0.1) is 0 Å². The maximum Gasteiger partial charge on any atom is 0.251 e. The van der Waals surface area contributed by atoms with E-state index in [9.17, 15) is 4.79 Å². The van der Waals surface area contributed by atoms with Crippen LogP contribution in [0.3, 0.4) is 0 Å². The second kappa shape index (κ2) is 5.55. The number of carbonyl (C=O) groups is 1. The molecular formula is C18H18N2O2. The molecule has 1 heterocycles. The Balaban J connectivity index is 1.65. The summed E-state index contributed by atoms with van der Waals surface area (Å²) in [5.74, 6) is -0.0521. The smallest absolute Gasteiger partial charge is 0.251 e. The van der Waals surface area contributed by atoms with Crippen LogP contribution in [0, 0.1) is 0 Å². The SMILES string of the molecule is O=C(NC1c2ccccc2-c2ccccc21)C1CNCCO1. The molecular weight excluding hydrogens is 276 g/mol. The van der Waals surface area contributed by atoms with Crippen molar-refractivity contribution < 1.29 is 9.53 Å². The van der Waals surface area contributed by atoms with Crippen molar-refractivity contribution in [2.24, 2.45) is 0 Å². The van der Waals surface area contributed by atoms with E-state index in [4.69, 9.17) is 4.74 Å². The van der Waals surface area contributed by atoms with E-state index in [1.807, 2.05) is 24.3 Å². The lowest BCUT2D eigenvalue weighted by molar-refractivity contribution is -0.134. The fourth-order valence-electron chi connectivity index (χ4n) is 3.28. The lowest BCUT2D eigenvalue weighted by Crippen LogP contribution is -2.48. The maximum absolute atomic E-state index is 12.5. The fraction of sp³-hybridized carbons (Fsp3) is 0.278. The molecule has 2 aromatic rings. The van der Waals surface area contributed by atoms with Crippen LogP contribution in [0.15, 0.2) is 48.5 Å². The molecule has 0 bridgehead atoms. The lowest BCUT2D eigenvalue weighted by atomic mass is 10.1. The summed E-state index contributed by atoms with van der Waals surface area (Å²) >= 11 is 0. The van der Waals surface area contributed by atoms with Gasteiger partial charge in [-0.1, -0.05) is 48.5 Å². The van der Waals surface area contributed by atoms with Gasteiger partial charge in [0.2, 0.25) is 0 Å². The molecule has 1 aliphatic heterocycles. The van der Waals surface area contributed by atoms with E-state index in [-0.39, 0.29) is 11.9 Å². The largest absolute Gasteiger partial charge is 0.366 e. The first-order valence-corrected chi connectivity index (χ1v) is 7.65. The normalized spacial score (nSPS) is 20.3. The molecule has 1 saturated heterocycles. The number of amides is 1. The van der Waals surface area contributed by atoms with Crippen molar-refractivity contribution in [3.63, 3.8) is 0 Å². The molecule has 2 aromatic carbocycles. The zero-order chi connectivity index (χ0) is 14.9. The number of ether oxygens (including phenoxy) is 1. The van der Waals surface area contributed by atoms with Crippen molar-refractivity contribution in [1.29, 1.82) is 0 Å². The van der Waals surface area contributed by atoms with Gasteiger partial charge in [0.15, 0.2) is 0 Å². The number of hydrogen-bond acceptors (Lipinski definition) is 3. The van der Waals surface area contributed by atoms with E-state index in [1.54, 1.807) is 0 Å². The summed E-state index contributed by atoms with van der Waals surface area (Å²) in [6.45, 7) is 1.96. The van der Waals surface area contributed by atoms with Crippen LogP contribution in [0.5, 0.6) is 0 Å². The fourth-order valence-corrected chi connectivity index (χ4v) is 3.28. The first-order valence-electron chi connectivity index (χ1n) is 7.65. The highest BCUT2D eigenvalue weighted by molar-refractivity contribution is 5.85. The molecule has 4 rings (SSSR count). The van der Waals surface area contributed by atoms with Gasteiger partial charge in [0.05, 0.1) is 12.6 Å². The summed E-state index contributed by atoms with van der Waals surface area (Å²) in [6.07, 6.45) is -0.409. The van der Waals surface area contributed by atoms with Gasteiger partial charge < -0.3 is 15.4 Å². The summed E-state index contributed by atoms with van der Waals surface area (Å²) in [7, 11) is 0. The molecule has 0 spiro atoms. The molecule has 4 heteroatoms. The Bertz CT molecular complexity index is 662. The Morgan fingerprint density at radius 1 is 1.05 bits per heavy atom. The first kappa shape index (κ1) is 13.5. The molecule has 4 nitrogen and oxygen atoms in total. The predicted octanol–water partition coefficient (Wildman–Crippen LogP) is 1.86. The summed E-state index contributed by atoms with van der Waals surface area (Å²) in [6, 6.07) is 16.4. The molecule has 2 aliphatic rings. The standard InChI is InChI=1S/C18H18N2O2/c21-18(16-11-19-9-10-22-16)20-17-14-7-3-1-5-12(14)13-6-2-4-8-15(13)17/h1-8,16-17,19H,9-11H2,(H,20,21). The second-order valence-electron chi connectivity index (χ2n) is 5.68. The summed E-state index contributed by atoms with van der Waals surface area (Å²) in [5.41, 5.74) is 4.71. The van der Waals surface area contributed by atoms with E-state index < -0.39 is 6.10 Å². The van der Waals surface area contributed by atoms with E-state index in [1.165, 1.54) is 11.1 Å². The molecule has 1 atom stereocenters. The molecule has 1 fully saturated rings. The van der Waals surface area contributed by atoms with Crippen LogP contribution in [-0.2, 0) is 9.53 Å². The van der Waals surface area contributed by atoms with Gasteiger partial charge in [0.1, 0.15) is 6.10 Å². The number of hydrogen-bond donors (Lipinski definition) is 2. The third-order valence-electron chi connectivity index (χ3n) is 4.34. The van der Waals surface area contributed by atoms with Gasteiger partial charge in [-0.3, -0.25) is 4.79 Å². The summed E-state index contributed by atoms with van der Waals surface area (Å²) in [5, 5.41) is 6.35. The monoisotopic (exact) mass is 294 g/mol. The molecule has 22 heavy (non-hydrogen) atoms. The third-order valence-corrected chi connectivity index (χ3v) is 4.34. The van der Waals surface area contributed by atoms with Gasteiger partial charge in [-0.25, -0.2) is 0 Å². The van der Waals surface area contributed by atoms with E-state index in [0.29, 0.717) is 13.2 Å². The number of morpholine rings is 1. The number of rotatable bonds is 2. The average Bonchev–Trinajstić information content (AvgIpc) is 2.90. The minimum absolute atomic E-state index is 0.0521. The van der Waals surface area contributed by atoms with Crippen LogP contribution < -0.4 is 10.6 Å². The summed E-state index contributed by atoms with van der Waals surface area (Å²) in [4.78, 5) is 12.5. The van der Waals surface area contributed by atoms with Gasteiger partial charge >= 0.3 is 0 Å². The zero-order valence-electron chi connectivity index (χ0n) is 12.2. The minimum atomic E-state index is -0.409. The first-order chi connectivity index (χ1) is 10.8. The summed E-state index contributed by atoms with van der Waals surface area (Å²) < 4.78 is 5.55. The van der Waals surface area contributed by atoms with Gasteiger partial charge in [-0.2, -0.15) is 0 Å². The van der Waals surface area contributed by atoms with Crippen LogP contribution in [0.1, 0.15) is 17.2 Å². The highest BCUT2D eigenvalue weighted by Crippen LogP contribution is 2.42. The van der Waals surface area contributed by atoms with Crippen molar-refractivity contribution in [2.75, 3.05) is 19.7 Å². The Labute approximate surface area is 129 Å². The zero-order valence-corrected chi connectivity index (χ0v) is 12.2. The lowest BCUT2D eigenvalue weighted by Gasteiger charge is -2.25. The van der Waals surface area contributed by atoms with Crippen molar-refractivity contribution in [1.82, 2.24) is 10.6 Å². The number of nitrogens with one attached hydrogen (secondary N) is 2. The van der Waals surface area contributed by atoms with Crippen molar-refractivity contribution in [2.45, 2.75) is 12.1 Å². The van der Waals surface area contributed by atoms with Crippen LogP contribution in [0.25, 0.3) is 11.1 Å². The Morgan fingerprint density at radius 3 is 2.27 bits per heavy atom. The quantitative estimate of drug-likeness (QED) is 0.889. The predicted molar refractivity (Wildman–Crippen MR) is 84.5 cm³/mol. The molecule has 1 unspecified atom stereocenters. The Kier molecular flexibility index (Phi) is 3.41. The van der Waals surface area contributed by atoms with Crippen LogP contribution >= 0.6 is 0 Å². The number of fused-ring (bicyclic) bond motifs is 3. The molecule has 0 radical (unpaired) electrons. The van der Waals surface area contributed by atoms with Crippen molar-refractivity contribution in [3.8, 4) is 11.1 Å². The minimum Gasteiger partial charge on any atom is -0.366 e. The third kappa shape index (κ3) is 2.21. The highest BCUT2D eigenvalue weighted by Gasteiger charge is 2.31. The molecule has 1 amide bonds. The Hall–Kier alpha value is -2.17. The van der Waals surface area contributed by atoms with Crippen molar-refractivity contribution >= 4 is 5.91 Å². The molecule has 2 N–H and O–H groups in total. The van der Waals surface area contributed by atoms with Crippen molar-refractivity contribution in [3.05, 3.63) is 59.7 Å². The van der Waals surface area contributed by atoms with E-state index in [0.717, 1.165) is 17.7 Å². The average molecular weight is 294 g/mol. The molecule has 0 saturated carbocycles. The number of carbonyl (C=O) groups excluding carboxylic acids is 1. The second-order valence-corrected chi connectivity index (χ2v) is 5.68. The van der Waals surface area contributed by atoms with Crippen LogP contribution in [-0.4, -0.2) is 31.7 Å². The molecule has 0 aromatic heterocycles. The van der Waals surface area contributed by atoms with Crippen LogP contribution in [0.2, 0.25) is 0 Å². The molecule has 1 aliphatic carbocycles. The van der Waals surface area contributed by atoms with Gasteiger partial charge in [0.25, 0.3) is 5.91 Å². The number of benzene rings is 2. The highest BCUT2D eigenvalue weighted by atomic mass is 16.5. The van der Waals surface area contributed by atoms with Gasteiger partial charge in [0, 0.05) is 13.1 Å². The van der Waals surface area contributed by atoms with Crippen LogP contribution in [0.4, 0.5) is 0 Å².